The summed E-state index contributed by atoms with van der Waals surface area (Å²) in [5.41, 5.74) is 11.5. The maximum atomic E-state index is 12.1. The summed E-state index contributed by atoms with van der Waals surface area (Å²) in [5.74, 6) is -2.01. The highest BCUT2D eigenvalue weighted by atomic mass is 16.4. The van der Waals surface area contributed by atoms with E-state index in [1.807, 2.05) is 20.8 Å². The van der Waals surface area contributed by atoms with Gasteiger partial charge in [-0.05, 0) is 17.8 Å². The summed E-state index contributed by atoms with van der Waals surface area (Å²) >= 11 is 0. The Morgan fingerprint density at radius 1 is 0.955 bits per heavy atom. The first-order chi connectivity index (χ1) is 9.98. The number of nitrogens with two attached hydrogens (primary N) is 2. The van der Waals surface area contributed by atoms with Gasteiger partial charge >= 0.3 is 5.97 Å². The van der Waals surface area contributed by atoms with E-state index < -0.39 is 30.0 Å². The first kappa shape index (κ1) is 20.5. The molecule has 128 valence electrons. The van der Waals surface area contributed by atoms with Crippen LogP contribution in [0.15, 0.2) is 0 Å². The van der Waals surface area contributed by atoms with Gasteiger partial charge in [-0.2, -0.15) is 0 Å². The molecular weight excluding hydrogens is 286 g/mol. The molecule has 4 atom stereocenters. The van der Waals surface area contributed by atoms with E-state index in [1.54, 1.807) is 13.8 Å². The first-order valence-electron chi connectivity index (χ1n) is 7.56. The minimum absolute atomic E-state index is 0.135. The number of hydrogen-bond donors (Lipinski definition) is 4. The van der Waals surface area contributed by atoms with E-state index in [0.29, 0.717) is 5.92 Å². The zero-order valence-electron chi connectivity index (χ0n) is 14.0. The molecule has 0 saturated carbocycles. The van der Waals surface area contributed by atoms with Gasteiger partial charge in [0, 0.05) is 6.42 Å². The van der Waals surface area contributed by atoms with Crippen LogP contribution in [0, 0.1) is 17.8 Å². The smallest absolute Gasteiger partial charge is 0.326 e. The first-order valence-corrected chi connectivity index (χ1v) is 7.56. The molecule has 7 heteroatoms. The summed E-state index contributed by atoms with van der Waals surface area (Å²) in [6.07, 6.45) is 0.242. The maximum absolute atomic E-state index is 12.1. The molecule has 0 radical (unpaired) electrons. The number of amides is 1. The van der Waals surface area contributed by atoms with Crippen LogP contribution >= 0.6 is 0 Å². The van der Waals surface area contributed by atoms with E-state index in [1.165, 1.54) is 0 Å². The highest BCUT2D eigenvalue weighted by Crippen LogP contribution is 2.15. The Labute approximate surface area is 131 Å². The highest BCUT2D eigenvalue weighted by Gasteiger charge is 2.32. The van der Waals surface area contributed by atoms with Crippen molar-refractivity contribution in [2.75, 3.05) is 0 Å². The molecule has 7 nitrogen and oxygen atoms in total. The third kappa shape index (κ3) is 6.11. The molecule has 0 saturated heterocycles. The van der Waals surface area contributed by atoms with E-state index in [0.717, 1.165) is 0 Å². The van der Waals surface area contributed by atoms with E-state index >= 15 is 0 Å². The Hall–Kier alpha value is -1.47. The molecule has 6 N–H and O–H groups in total. The summed E-state index contributed by atoms with van der Waals surface area (Å²) in [6, 6.07) is -3.45. The fourth-order valence-corrected chi connectivity index (χ4v) is 1.82. The predicted molar refractivity (Wildman–Crippen MR) is 84.0 cm³/mol. The number of rotatable bonds is 9. The van der Waals surface area contributed by atoms with Crippen LogP contribution in [0.2, 0.25) is 0 Å². The lowest BCUT2D eigenvalue weighted by Gasteiger charge is -2.24. The topological polar surface area (TPSA) is 136 Å². The Morgan fingerprint density at radius 2 is 1.45 bits per heavy atom. The van der Waals surface area contributed by atoms with Crippen LogP contribution in [0.1, 0.15) is 41.0 Å². The minimum atomic E-state index is -1.26. The summed E-state index contributed by atoms with van der Waals surface area (Å²) in [7, 11) is 0. The van der Waals surface area contributed by atoms with Crippen molar-refractivity contribution in [3.8, 4) is 0 Å². The molecule has 0 aliphatic heterocycles. The van der Waals surface area contributed by atoms with Crippen molar-refractivity contribution >= 4 is 17.7 Å². The SMILES string of the molecule is CC(C)[C@H](NC(=O)[C@@H](N)[C@H](N)C(=O)C[C@H](C)C(C)C)C(=O)O. The zero-order valence-corrected chi connectivity index (χ0v) is 14.0. The second kappa shape index (κ2) is 8.85. The summed E-state index contributed by atoms with van der Waals surface area (Å²) < 4.78 is 0. The second-order valence-electron chi connectivity index (χ2n) is 6.51. The van der Waals surface area contributed by atoms with E-state index in [9.17, 15) is 14.4 Å². The Morgan fingerprint density at radius 3 is 1.82 bits per heavy atom. The van der Waals surface area contributed by atoms with Crippen LogP contribution in [0.25, 0.3) is 0 Å². The van der Waals surface area contributed by atoms with Gasteiger partial charge in [-0.1, -0.05) is 34.6 Å². The fourth-order valence-electron chi connectivity index (χ4n) is 1.82. The molecule has 0 aliphatic rings. The normalized spacial score (nSPS) is 17.0. The van der Waals surface area contributed by atoms with Crippen molar-refractivity contribution in [1.29, 1.82) is 0 Å². The quantitative estimate of drug-likeness (QED) is 0.477. The molecule has 0 heterocycles. The second-order valence-corrected chi connectivity index (χ2v) is 6.51. The number of carbonyl (C=O) groups is 3. The molecule has 0 bridgehead atoms. The van der Waals surface area contributed by atoms with E-state index in [-0.39, 0.29) is 24.0 Å². The minimum Gasteiger partial charge on any atom is -0.480 e. The van der Waals surface area contributed by atoms with Gasteiger partial charge in [0.25, 0.3) is 0 Å². The van der Waals surface area contributed by atoms with Crippen molar-refractivity contribution in [2.24, 2.45) is 29.2 Å². The van der Waals surface area contributed by atoms with Gasteiger partial charge in [0.1, 0.15) is 12.1 Å². The molecular formula is C15H29N3O4. The summed E-state index contributed by atoms with van der Waals surface area (Å²) in [4.78, 5) is 35.1. The van der Waals surface area contributed by atoms with E-state index in [2.05, 4.69) is 5.32 Å². The van der Waals surface area contributed by atoms with Gasteiger partial charge in [0.05, 0.1) is 6.04 Å². The van der Waals surface area contributed by atoms with Crippen LogP contribution in [0.3, 0.4) is 0 Å². The van der Waals surface area contributed by atoms with Crippen molar-refractivity contribution < 1.29 is 19.5 Å². The van der Waals surface area contributed by atoms with Gasteiger partial charge in [-0.25, -0.2) is 4.79 Å². The molecule has 0 aromatic carbocycles. The average molecular weight is 315 g/mol. The van der Waals surface area contributed by atoms with Gasteiger partial charge in [0.2, 0.25) is 5.91 Å². The Balaban J connectivity index is 4.73. The number of carboxylic acids is 1. The van der Waals surface area contributed by atoms with Crippen LogP contribution in [0.5, 0.6) is 0 Å². The van der Waals surface area contributed by atoms with Gasteiger partial charge in [0.15, 0.2) is 5.78 Å². The molecule has 0 aromatic heterocycles. The average Bonchev–Trinajstić information content (AvgIpc) is 2.41. The monoisotopic (exact) mass is 315 g/mol. The van der Waals surface area contributed by atoms with Crippen LogP contribution < -0.4 is 16.8 Å². The van der Waals surface area contributed by atoms with Crippen LogP contribution in [-0.4, -0.2) is 40.9 Å². The number of carbonyl (C=O) groups excluding carboxylic acids is 2. The number of carboxylic acid groups (broad SMARTS) is 1. The lowest BCUT2D eigenvalue weighted by atomic mass is 9.89. The molecule has 22 heavy (non-hydrogen) atoms. The van der Waals surface area contributed by atoms with Gasteiger partial charge < -0.3 is 21.9 Å². The highest BCUT2D eigenvalue weighted by molar-refractivity contribution is 5.94. The Bertz CT molecular complexity index is 410. The lowest BCUT2D eigenvalue weighted by molar-refractivity contribution is -0.143. The standard InChI is InChI=1S/C15H29N3O4/c1-7(2)9(5)6-10(19)11(16)12(17)14(20)18-13(8(3)4)15(21)22/h7-9,11-13H,6,16-17H2,1-5H3,(H,18,20)(H,21,22)/t9-,11+,12-,13-/m0/s1. The van der Waals surface area contributed by atoms with Crippen LogP contribution in [0.4, 0.5) is 0 Å². The van der Waals surface area contributed by atoms with Crippen molar-refractivity contribution in [1.82, 2.24) is 5.32 Å². The third-order valence-electron chi connectivity index (χ3n) is 3.95. The summed E-state index contributed by atoms with van der Waals surface area (Å²) in [5, 5.41) is 11.4. The zero-order chi connectivity index (χ0) is 17.6. The van der Waals surface area contributed by atoms with Gasteiger partial charge in [-0.3, -0.25) is 9.59 Å². The molecule has 0 spiro atoms. The number of Topliss-reactive ketones (excluding diaryl/α,β-unsaturated/α-hetero) is 1. The molecule has 0 unspecified atom stereocenters. The van der Waals surface area contributed by atoms with Gasteiger partial charge in [-0.15, -0.1) is 0 Å². The maximum Gasteiger partial charge on any atom is 0.326 e. The number of hydrogen-bond acceptors (Lipinski definition) is 5. The number of ketones is 1. The third-order valence-corrected chi connectivity index (χ3v) is 3.95. The van der Waals surface area contributed by atoms with Crippen molar-refractivity contribution in [3.63, 3.8) is 0 Å². The molecule has 1 amide bonds. The molecule has 0 rings (SSSR count). The molecule has 0 aliphatic carbocycles. The number of aliphatic carboxylic acids is 1. The Kier molecular flexibility index (Phi) is 8.26. The lowest BCUT2D eigenvalue weighted by Crippen LogP contribution is -2.58. The fraction of sp³-hybridized carbons (Fsp3) is 0.800. The van der Waals surface area contributed by atoms with Crippen molar-refractivity contribution in [2.45, 2.75) is 59.2 Å². The largest absolute Gasteiger partial charge is 0.480 e. The van der Waals surface area contributed by atoms with Crippen LogP contribution in [-0.2, 0) is 14.4 Å². The van der Waals surface area contributed by atoms with Crippen molar-refractivity contribution in [3.05, 3.63) is 0 Å². The molecule has 0 aromatic rings. The predicted octanol–water partition coefficient (Wildman–Crippen LogP) is 0.118. The molecule has 0 fully saturated rings. The summed E-state index contributed by atoms with van der Waals surface area (Å²) in [6.45, 7) is 9.26. The van der Waals surface area contributed by atoms with E-state index in [4.69, 9.17) is 16.6 Å². The number of nitrogens with one attached hydrogen (secondary N) is 1.